The van der Waals surface area contributed by atoms with Gasteiger partial charge in [-0.3, -0.25) is 14.9 Å². The van der Waals surface area contributed by atoms with E-state index < -0.39 is 23.8 Å². The van der Waals surface area contributed by atoms with Crippen LogP contribution < -0.4 is 11.1 Å². The second kappa shape index (κ2) is 5.13. The van der Waals surface area contributed by atoms with Crippen molar-refractivity contribution in [2.75, 3.05) is 0 Å². The summed E-state index contributed by atoms with van der Waals surface area (Å²) < 4.78 is 0. The Bertz CT molecular complexity index is 227. The molecule has 0 saturated carbocycles. The molecule has 0 rings (SSSR count). The minimum absolute atomic E-state index is 0.104. The third-order valence-electron chi connectivity index (χ3n) is 1.49. The number of carbonyl (C=O) groups excluding carboxylic acids is 2. The fraction of sp³-hybridized carbons (Fsp3) is 0.571. The van der Waals surface area contributed by atoms with Crippen molar-refractivity contribution in [2.45, 2.75) is 19.8 Å². The van der Waals surface area contributed by atoms with Crippen molar-refractivity contribution < 1.29 is 19.5 Å². The van der Waals surface area contributed by atoms with E-state index in [4.69, 9.17) is 10.8 Å². The van der Waals surface area contributed by atoms with Gasteiger partial charge in [-0.15, -0.1) is 0 Å². The molecule has 0 spiro atoms. The number of carboxylic acid groups (broad SMARTS) is 1. The van der Waals surface area contributed by atoms with Gasteiger partial charge < -0.3 is 10.8 Å². The van der Waals surface area contributed by atoms with E-state index in [0.29, 0.717) is 0 Å². The average molecular weight is 188 g/mol. The van der Waals surface area contributed by atoms with E-state index in [1.54, 1.807) is 0 Å². The van der Waals surface area contributed by atoms with Crippen LogP contribution in [0.5, 0.6) is 0 Å². The van der Waals surface area contributed by atoms with Crippen LogP contribution in [0.4, 0.5) is 4.79 Å². The molecule has 0 aliphatic carbocycles. The highest BCUT2D eigenvalue weighted by Gasteiger charge is 2.15. The first-order valence-electron chi connectivity index (χ1n) is 3.75. The maximum atomic E-state index is 11.0. The van der Waals surface area contributed by atoms with Gasteiger partial charge in [-0.1, -0.05) is 6.92 Å². The standard InChI is InChI=1S/C7H12N2O4/c1-4(2-3-5(10)11)6(12)9-7(8)13/h4H,2-3H2,1H3,(H,10,11)(H3,8,9,12,13)/t4-/m1/s1. The number of rotatable bonds is 4. The van der Waals surface area contributed by atoms with Gasteiger partial charge in [-0.25, -0.2) is 4.79 Å². The van der Waals surface area contributed by atoms with Crippen LogP contribution >= 0.6 is 0 Å². The second-order valence-electron chi connectivity index (χ2n) is 2.69. The summed E-state index contributed by atoms with van der Waals surface area (Å²) in [6, 6.07) is -0.924. The van der Waals surface area contributed by atoms with Crippen molar-refractivity contribution >= 4 is 17.9 Å². The van der Waals surface area contributed by atoms with Gasteiger partial charge in [0.15, 0.2) is 0 Å². The van der Waals surface area contributed by atoms with Gasteiger partial charge in [0.2, 0.25) is 5.91 Å². The molecule has 0 aromatic rings. The number of hydrogen-bond acceptors (Lipinski definition) is 3. The molecule has 4 N–H and O–H groups in total. The molecule has 6 nitrogen and oxygen atoms in total. The minimum Gasteiger partial charge on any atom is -0.481 e. The summed E-state index contributed by atoms with van der Waals surface area (Å²) >= 11 is 0. The topological polar surface area (TPSA) is 109 Å². The molecule has 0 fully saturated rings. The van der Waals surface area contributed by atoms with Gasteiger partial charge >= 0.3 is 12.0 Å². The van der Waals surface area contributed by atoms with Gasteiger partial charge in [0, 0.05) is 12.3 Å². The monoisotopic (exact) mass is 188 g/mol. The van der Waals surface area contributed by atoms with Crippen LogP contribution in [0.25, 0.3) is 0 Å². The molecular formula is C7H12N2O4. The van der Waals surface area contributed by atoms with E-state index in [9.17, 15) is 14.4 Å². The zero-order valence-electron chi connectivity index (χ0n) is 7.24. The Morgan fingerprint density at radius 3 is 2.38 bits per heavy atom. The van der Waals surface area contributed by atoms with E-state index in [2.05, 4.69) is 0 Å². The molecule has 0 aromatic heterocycles. The van der Waals surface area contributed by atoms with Crippen LogP contribution in [-0.4, -0.2) is 23.0 Å². The van der Waals surface area contributed by atoms with Crippen molar-refractivity contribution in [3.63, 3.8) is 0 Å². The normalized spacial score (nSPS) is 11.8. The number of nitrogens with two attached hydrogens (primary N) is 1. The summed E-state index contributed by atoms with van der Waals surface area (Å²) in [7, 11) is 0. The predicted octanol–water partition coefficient (Wildman–Crippen LogP) is -0.318. The van der Waals surface area contributed by atoms with Crippen molar-refractivity contribution in [1.29, 1.82) is 0 Å². The number of aliphatic carboxylic acids is 1. The van der Waals surface area contributed by atoms with E-state index in [1.807, 2.05) is 5.32 Å². The third-order valence-corrected chi connectivity index (χ3v) is 1.49. The molecule has 6 heteroatoms. The van der Waals surface area contributed by atoms with E-state index in [1.165, 1.54) is 6.92 Å². The first-order valence-corrected chi connectivity index (χ1v) is 3.75. The lowest BCUT2D eigenvalue weighted by molar-refractivity contribution is -0.137. The molecule has 3 amide bonds. The predicted molar refractivity (Wildman–Crippen MR) is 43.8 cm³/mol. The molecule has 0 unspecified atom stereocenters. The Balaban J connectivity index is 3.82. The van der Waals surface area contributed by atoms with E-state index in [0.717, 1.165) is 0 Å². The molecule has 0 radical (unpaired) electrons. The summed E-state index contributed by atoms with van der Waals surface area (Å²) in [5.74, 6) is -2.05. The fourth-order valence-electron chi connectivity index (χ4n) is 0.716. The number of amides is 3. The number of nitrogens with one attached hydrogen (secondary N) is 1. The minimum atomic E-state index is -0.973. The number of urea groups is 1. The number of primary amides is 1. The van der Waals surface area contributed by atoms with E-state index in [-0.39, 0.29) is 12.8 Å². The molecule has 0 aromatic carbocycles. The fourth-order valence-corrected chi connectivity index (χ4v) is 0.716. The number of carboxylic acids is 1. The second-order valence-corrected chi connectivity index (χ2v) is 2.69. The zero-order valence-corrected chi connectivity index (χ0v) is 7.24. The van der Waals surface area contributed by atoms with Crippen LogP contribution in [0.1, 0.15) is 19.8 Å². The summed E-state index contributed by atoms with van der Waals surface area (Å²) in [6.07, 6.45) is 0.0851. The molecular weight excluding hydrogens is 176 g/mol. The summed E-state index contributed by atoms with van der Waals surface area (Å²) in [6.45, 7) is 1.53. The van der Waals surface area contributed by atoms with Crippen LogP contribution in [0, 0.1) is 5.92 Å². The Morgan fingerprint density at radius 2 is 2.00 bits per heavy atom. The molecule has 0 aliphatic heterocycles. The largest absolute Gasteiger partial charge is 0.481 e. The van der Waals surface area contributed by atoms with Gasteiger partial charge in [0.1, 0.15) is 0 Å². The van der Waals surface area contributed by atoms with Crippen LogP contribution in [0.2, 0.25) is 0 Å². The zero-order chi connectivity index (χ0) is 10.4. The Hall–Kier alpha value is -1.59. The maximum Gasteiger partial charge on any atom is 0.318 e. The summed E-state index contributed by atoms with van der Waals surface area (Å²) in [5, 5.41) is 10.2. The SMILES string of the molecule is C[C@H](CCC(=O)O)C(=O)NC(N)=O. The molecule has 0 heterocycles. The van der Waals surface area contributed by atoms with Crippen LogP contribution in [0.3, 0.4) is 0 Å². The van der Waals surface area contributed by atoms with Crippen LogP contribution in [-0.2, 0) is 9.59 Å². The van der Waals surface area contributed by atoms with Crippen molar-refractivity contribution in [1.82, 2.24) is 5.32 Å². The van der Waals surface area contributed by atoms with Gasteiger partial charge in [-0.2, -0.15) is 0 Å². The summed E-state index contributed by atoms with van der Waals surface area (Å²) in [4.78, 5) is 31.3. The average Bonchev–Trinajstić information content (AvgIpc) is 1.98. The first-order chi connectivity index (χ1) is 5.93. The number of hydrogen-bond donors (Lipinski definition) is 3. The Kier molecular flexibility index (Phi) is 4.50. The highest BCUT2D eigenvalue weighted by atomic mass is 16.4. The maximum absolute atomic E-state index is 11.0. The van der Waals surface area contributed by atoms with Crippen molar-refractivity contribution in [3.05, 3.63) is 0 Å². The highest BCUT2D eigenvalue weighted by molar-refractivity contribution is 5.94. The Labute approximate surface area is 75.1 Å². The van der Waals surface area contributed by atoms with Gasteiger partial charge in [0.25, 0.3) is 0 Å². The van der Waals surface area contributed by atoms with Gasteiger partial charge in [-0.05, 0) is 6.42 Å². The summed E-state index contributed by atoms with van der Waals surface area (Å²) in [5.41, 5.74) is 4.70. The third kappa shape index (κ3) is 5.66. The molecule has 0 bridgehead atoms. The smallest absolute Gasteiger partial charge is 0.318 e. The molecule has 74 valence electrons. The molecule has 0 saturated heterocycles. The lowest BCUT2D eigenvalue weighted by atomic mass is 10.1. The van der Waals surface area contributed by atoms with Gasteiger partial charge in [0.05, 0.1) is 0 Å². The van der Waals surface area contributed by atoms with Crippen molar-refractivity contribution in [2.24, 2.45) is 11.7 Å². The lowest BCUT2D eigenvalue weighted by Crippen LogP contribution is -2.38. The number of imide groups is 1. The van der Waals surface area contributed by atoms with Crippen molar-refractivity contribution in [3.8, 4) is 0 Å². The van der Waals surface area contributed by atoms with Crippen LogP contribution in [0.15, 0.2) is 0 Å². The quantitative estimate of drug-likeness (QED) is 0.561. The Morgan fingerprint density at radius 1 is 1.46 bits per heavy atom. The molecule has 0 aliphatic rings. The molecule has 1 atom stereocenters. The van der Waals surface area contributed by atoms with E-state index >= 15 is 0 Å². The molecule has 13 heavy (non-hydrogen) atoms. The highest BCUT2D eigenvalue weighted by Crippen LogP contribution is 2.04. The lowest BCUT2D eigenvalue weighted by Gasteiger charge is -2.07. The first kappa shape index (κ1) is 11.4. The number of carbonyl (C=O) groups is 3.